The van der Waals surface area contributed by atoms with Crippen molar-refractivity contribution in [1.29, 1.82) is 0 Å². The minimum atomic E-state index is -0.757. The van der Waals surface area contributed by atoms with Gasteiger partial charge in [-0.05, 0) is 38.1 Å². The van der Waals surface area contributed by atoms with Gasteiger partial charge in [-0.1, -0.05) is 17.7 Å². The number of rotatable bonds is 4. The van der Waals surface area contributed by atoms with Crippen LogP contribution in [0.2, 0.25) is 0 Å². The molecule has 0 unspecified atom stereocenters. The van der Waals surface area contributed by atoms with Gasteiger partial charge in [-0.2, -0.15) is 0 Å². The molecular weight excluding hydrogens is 338 g/mol. The van der Waals surface area contributed by atoms with Gasteiger partial charge in [0.15, 0.2) is 0 Å². The zero-order chi connectivity index (χ0) is 18.7. The maximum Gasteiger partial charge on any atom is 0.274 e. The van der Waals surface area contributed by atoms with E-state index < -0.39 is 17.5 Å². The number of aromatic nitrogens is 2. The number of carbonyl (C=O) groups is 1. The number of nitrogens with zero attached hydrogens (tertiary/aromatic N) is 2. The van der Waals surface area contributed by atoms with E-state index in [1.807, 2.05) is 19.1 Å². The first kappa shape index (κ1) is 17.5. The third kappa shape index (κ3) is 4.18. The lowest BCUT2D eigenvalue weighted by atomic mass is 10.2. The first-order valence-electron chi connectivity index (χ1n) is 7.86. The van der Waals surface area contributed by atoms with Gasteiger partial charge in [-0.25, -0.2) is 18.7 Å². The second-order valence-electron chi connectivity index (χ2n) is 5.75. The van der Waals surface area contributed by atoms with Crippen LogP contribution in [-0.2, 0) is 0 Å². The van der Waals surface area contributed by atoms with Crippen LogP contribution < -0.4 is 10.6 Å². The molecule has 0 saturated carbocycles. The Kier molecular flexibility index (Phi) is 4.88. The Morgan fingerprint density at radius 2 is 1.69 bits per heavy atom. The molecule has 0 aliphatic rings. The van der Waals surface area contributed by atoms with E-state index in [9.17, 15) is 13.6 Å². The zero-order valence-electron chi connectivity index (χ0n) is 14.2. The summed E-state index contributed by atoms with van der Waals surface area (Å²) in [6, 6.07) is 11.9. The van der Waals surface area contributed by atoms with Gasteiger partial charge in [-0.3, -0.25) is 4.79 Å². The summed E-state index contributed by atoms with van der Waals surface area (Å²) in [5.41, 5.74) is 1.89. The van der Waals surface area contributed by atoms with Crippen LogP contribution in [-0.4, -0.2) is 15.9 Å². The van der Waals surface area contributed by atoms with Gasteiger partial charge < -0.3 is 10.6 Å². The Balaban J connectivity index is 1.82. The average molecular weight is 354 g/mol. The predicted octanol–water partition coefficient (Wildman–Crippen LogP) is 4.37. The monoisotopic (exact) mass is 354 g/mol. The summed E-state index contributed by atoms with van der Waals surface area (Å²) >= 11 is 0. The lowest BCUT2D eigenvalue weighted by Crippen LogP contribution is -2.15. The smallest absolute Gasteiger partial charge is 0.274 e. The van der Waals surface area contributed by atoms with Crippen molar-refractivity contribution in [3.05, 3.63) is 77.2 Å². The number of benzene rings is 2. The van der Waals surface area contributed by atoms with E-state index in [1.54, 1.807) is 19.1 Å². The second kappa shape index (κ2) is 7.26. The van der Waals surface area contributed by atoms with Crippen LogP contribution >= 0.6 is 0 Å². The molecule has 26 heavy (non-hydrogen) atoms. The van der Waals surface area contributed by atoms with E-state index in [0.717, 1.165) is 17.7 Å². The Labute approximate surface area is 149 Å². The first-order valence-corrected chi connectivity index (χ1v) is 7.86. The summed E-state index contributed by atoms with van der Waals surface area (Å²) in [6.45, 7) is 3.57. The Hall–Kier alpha value is -3.35. The zero-order valence-corrected chi connectivity index (χ0v) is 14.2. The molecule has 3 aromatic rings. The molecule has 3 rings (SSSR count). The minimum Gasteiger partial charge on any atom is -0.338 e. The molecule has 0 spiro atoms. The number of halogens is 2. The quantitative estimate of drug-likeness (QED) is 0.730. The minimum absolute atomic E-state index is 0.0504. The van der Waals surface area contributed by atoms with E-state index in [0.29, 0.717) is 11.5 Å². The first-order chi connectivity index (χ1) is 12.4. The van der Waals surface area contributed by atoms with Crippen molar-refractivity contribution < 1.29 is 13.6 Å². The second-order valence-corrected chi connectivity index (χ2v) is 5.75. The molecule has 0 aliphatic heterocycles. The lowest BCUT2D eigenvalue weighted by Gasteiger charge is -2.10. The molecule has 2 N–H and O–H groups in total. The standard InChI is InChI=1S/C19H16F2N4O/c1-11-3-6-14(7-4-11)24-19(26)17-10-18(23-12(2)22-17)25-16-8-5-13(20)9-15(16)21/h3-10H,1-2H3,(H,24,26)(H,22,23,25). The molecule has 1 heterocycles. The van der Waals surface area contributed by atoms with Gasteiger partial charge in [0.1, 0.15) is 29.0 Å². The van der Waals surface area contributed by atoms with Gasteiger partial charge in [0.25, 0.3) is 5.91 Å². The summed E-state index contributed by atoms with van der Waals surface area (Å²) in [4.78, 5) is 20.7. The molecule has 132 valence electrons. The van der Waals surface area contributed by atoms with Crippen molar-refractivity contribution in [1.82, 2.24) is 9.97 Å². The van der Waals surface area contributed by atoms with Crippen LogP contribution in [0, 0.1) is 25.5 Å². The molecule has 5 nitrogen and oxygen atoms in total. The van der Waals surface area contributed by atoms with E-state index in [1.165, 1.54) is 12.1 Å². The van der Waals surface area contributed by atoms with Gasteiger partial charge >= 0.3 is 0 Å². The van der Waals surface area contributed by atoms with Crippen molar-refractivity contribution in [2.45, 2.75) is 13.8 Å². The summed E-state index contributed by atoms with van der Waals surface area (Å²) < 4.78 is 26.8. The van der Waals surface area contributed by atoms with Crippen LogP contribution in [0.4, 0.5) is 26.0 Å². The number of nitrogens with one attached hydrogen (secondary N) is 2. The highest BCUT2D eigenvalue weighted by Crippen LogP contribution is 2.20. The fourth-order valence-corrected chi connectivity index (χ4v) is 2.31. The molecule has 0 aliphatic carbocycles. The van der Waals surface area contributed by atoms with Crippen molar-refractivity contribution in [2.75, 3.05) is 10.6 Å². The van der Waals surface area contributed by atoms with Crippen molar-refractivity contribution >= 4 is 23.1 Å². The highest BCUT2D eigenvalue weighted by molar-refractivity contribution is 6.03. The Morgan fingerprint density at radius 1 is 0.962 bits per heavy atom. The van der Waals surface area contributed by atoms with Gasteiger partial charge in [0.2, 0.25) is 0 Å². The topological polar surface area (TPSA) is 66.9 Å². The number of hydrogen-bond donors (Lipinski definition) is 2. The maximum absolute atomic E-state index is 13.8. The van der Waals surface area contributed by atoms with Crippen LogP contribution in [0.1, 0.15) is 21.9 Å². The van der Waals surface area contributed by atoms with Crippen molar-refractivity contribution in [3.63, 3.8) is 0 Å². The van der Waals surface area contributed by atoms with Gasteiger partial charge in [0.05, 0.1) is 5.69 Å². The summed E-state index contributed by atoms with van der Waals surface area (Å²) in [5.74, 6) is -1.28. The predicted molar refractivity (Wildman–Crippen MR) is 95.5 cm³/mol. The highest BCUT2D eigenvalue weighted by Gasteiger charge is 2.12. The van der Waals surface area contributed by atoms with E-state index in [-0.39, 0.29) is 17.2 Å². The third-order valence-electron chi connectivity index (χ3n) is 3.57. The van der Waals surface area contributed by atoms with Crippen LogP contribution in [0.3, 0.4) is 0 Å². The number of hydrogen-bond acceptors (Lipinski definition) is 4. The van der Waals surface area contributed by atoms with Crippen molar-refractivity contribution in [2.24, 2.45) is 0 Å². The molecule has 1 aromatic heterocycles. The van der Waals surface area contributed by atoms with Gasteiger partial charge in [-0.15, -0.1) is 0 Å². The highest BCUT2D eigenvalue weighted by atomic mass is 19.1. The molecular formula is C19H16F2N4O. The van der Waals surface area contributed by atoms with Gasteiger partial charge in [0, 0.05) is 17.8 Å². The van der Waals surface area contributed by atoms with Crippen LogP contribution in [0.5, 0.6) is 0 Å². The number of carbonyl (C=O) groups excluding carboxylic acids is 1. The normalized spacial score (nSPS) is 10.5. The summed E-state index contributed by atoms with van der Waals surface area (Å²) in [5, 5.41) is 5.48. The molecule has 0 atom stereocenters. The van der Waals surface area contributed by atoms with E-state index in [2.05, 4.69) is 20.6 Å². The SMILES string of the molecule is Cc1ccc(NC(=O)c2cc(Nc3ccc(F)cc3F)nc(C)n2)cc1. The fourth-order valence-electron chi connectivity index (χ4n) is 2.31. The summed E-state index contributed by atoms with van der Waals surface area (Å²) in [6.07, 6.45) is 0. The Morgan fingerprint density at radius 3 is 2.38 bits per heavy atom. The molecule has 0 bridgehead atoms. The van der Waals surface area contributed by atoms with Crippen LogP contribution in [0.15, 0.2) is 48.5 Å². The van der Waals surface area contributed by atoms with E-state index in [4.69, 9.17) is 0 Å². The summed E-state index contributed by atoms with van der Waals surface area (Å²) in [7, 11) is 0. The third-order valence-corrected chi connectivity index (χ3v) is 3.57. The average Bonchev–Trinajstić information content (AvgIpc) is 2.59. The number of anilines is 3. The van der Waals surface area contributed by atoms with Crippen molar-refractivity contribution in [3.8, 4) is 0 Å². The molecule has 0 radical (unpaired) electrons. The molecule has 0 fully saturated rings. The Bertz CT molecular complexity index is 958. The molecule has 7 heteroatoms. The van der Waals surface area contributed by atoms with Crippen LogP contribution in [0.25, 0.3) is 0 Å². The lowest BCUT2D eigenvalue weighted by molar-refractivity contribution is 0.102. The molecule has 2 aromatic carbocycles. The number of aryl methyl sites for hydroxylation is 2. The van der Waals surface area contributed by atoms with E-state index >= 15 is 0 Å². The number of amides is 1. The molecule has 0 saturated heterocycles. The largest absolute Gasteiger partial charge is 0.338 e. The maximum atomic E-state index is 13.8. The molecule has 1 amide bonds. The fraction of sp³-hybridized carbons (Fsp3) is 0.105.